The summed E-state index contributed by atoms with van der Waals surface area (Å²) in [4.78, 5) is 0. The molecule has 0 saturated carbocycles. The first-order chi connectivity index (χ1) is 6.47. The van der Waals surface area contributed by atoms with Crippen LogP contribution in [0.5, 0.6) is 0 Å². The molecule has 0 aliphatic carbocycles. The van der Waals surface area contributed by atoms with Crippen molar-refractivity contribution in [2.45, 2.75) is 26.2 Å². The molecule has 0 spiro atoms. The van der Waals surface area contributed by atoms with Crippen molar-refractivity contribution in [2.75, 3.05) is 0 Å². The van der Waals surface area contributed by atoms with Crippen molar-refractivity contribution < 1.29 is 0 Å². The molecule has 0 aliphatic rings. The van der Waals surface area contributed by atoms with Gasteiger partial charge in [0.2, 0.25) is 0 Å². The zero-order valence-electron chi connectivity index (χ0n) is 8.89. The van der Waals surface area contributed by atoms with Gasteiger partial charge in [0.15, 0.2) is 0 Å². The normalized spacial score (nSPS) is 10.4. The summed E-state index contributed by atoms with van der Waals surface area (Å²) < 4.78 is 0. The van der Waals surface area contributed by atoms with E-state index in [1.54, 1.807) is 0 Å². The van der Waals surface area contributed by atoms with E-state index in [-0.39, 0.29) is 5.41 Å². The molecule has 0 bridgehead atoms. The molecule has 0 heterocycles. The lowest BCUT2D eigenvalue weighted by molar-refractivity contribution is 0.590. The summed E-state index contributed by atoms with van der Waals surface area (Å²) in [5.41, 5.74) is 2.97. The molecular formula is C14H14. The van der Waals surface area contributed by atoms with Gasteiger partial charge in [0.25, 0.3) is 0 Å². The molecule has 0 atom stereocenters. The molecule has 0 radical (unpaired) electrons. The Labute approximate surface area is 86.3 Å². The summed E-state index contributed by atoms with van der Waals surface area (Å²) >= 11 is 0. The Balaban J connectivity index is 3.36. The number of hydrogen-bond acceptors (Lipinski definition) is 0. The minimum absolute atomic E-state index is 0.0818. The third kappa shape index (κ3) is 2.18. The van der Waals surface area contributed by atoms with Crippen LogP contribution in [0, 0.1) is 24.7 Å². The van der Waals surface area contributed by atoms with Crippen molar-refractivity contribution in [3.63, 3.8) is 0 Å². The Morgan fingerprint density at radius 1 is 0.929 bits per heavy atom. The lowest BCUT2D eigenvalue weighted by Crippen LogP contribution is -2.11. The minimum Gasteiger partial charge on any atom is -0.115 e. The molecule has 0 unspecified atom stereocenters. The first kappa shape index (κ1) is 10.4. The van der Waals surface area contributed by atoms with Crippen LogP contribution in [0.2, 0.25) is 0 Å². The monoisotopic (exact) mass is 182 g/mol. The second kappa shape index (κ2) is 3.60. The zero-order valence-corrected chi connectivity index (χ0v) is 8.89. The van der Waals surface area contributed by atoms with Gasteiger partial charge < -0.3 is 0 Å². The molecule has 0 aromatic heterocycles. The van der Waals surface area contributed by atoms with Gasteiger partial charge in [-0.05, 0) is 29.2 Å². The Morgan fingerprint density at radius 3 is 1.64 bits per heavy atom. The average Bonchev–Trinajstić information content (AvgIpc) is 2.15. The highest BCUT2D eigenvalue weighted by Crippen LogP contribution is 2.24. The largest absolute Gasteiger partial charge is 0.115 e. The van der Waals surface area contributed by atoms with Gasteiger partial charge in [0, 0.05) is 11.1 Å². The highest BCUT2D eigenvalue weighted by atomic mass is 14.2. The van der Waals surface area contributed by atoms with Crippen LogP contribution in [-0.4, -0.2) is 0 Å². The van der Waals surface area contributed by atoms with Crippen LogP contribution in [0.1, 0.15) is 37.5 Å². The molecule has 0 fully saturated rings. The summed E-state index contributed by atoms with van der Waals surface area (Å²) in [6, 6.07) is 5.89. The zero-order chi connectivity index (χ0) is 10.8. The fraction of sp³-hybridized carbons (Fsp3) is 0.286. The van der Waals surface area contributed by atoms with E-state index in [2.05, 4.69) is 32.6 Å². The van der Waals surface area contributed by atoms with Gasteiger partial charge in [-0.1, -0.05) is 32.6 Å². The molecule has 70 valence electrons. The van der Waals surface area contributed by atoms with Gasteiger partial charge in [0.05, 0.1) is 0 Å². The van der Waals surface area contributed by atoms with Crippen LogP contribution in [0.3, 0.4) is 0 Å². The van der Waals surface area contributed by atoms with Gasteiger partial charge in [0.1, 0.15) is 0 Å². The van der Waals surface area contributed by atoms with E-state index in [9.17, 15) is 0 Å². The van der Waals surface area contributed by atoms with E-state index >= 15 is 0 Å². The van der Waals surface area contributed by atoms with Crippen molar-refractivity contribution in [3.05, 3.63) is 34.9 Å². The summed E-state index contributed by atoms with van der Waals surface area (Å²) in [5.74, 6) is 5.24. The van der Waals surface area contributed by atoms with Crippen LogP contribution >= 0.6 is 0 Å². The van der Waals surface area contributed by atoms with Crippen molar-refractivity contribution in [1.82, 2.24) is 0 Å². The Kier molecular flexibility index (Phi) is 2.68. The van der Waals surface area contributed by atoms with Crippen LogP contribution < -0.4 is 0 Å². The van der Waals surface area contributed by atoms with Crippen LogP contribution in [0.4, 0.5) is 0 Å². The predicted molar refractivity (Wildman–Crippen MR) is 61.0 cm³/mol. The topological polar surface area (TPSA) is 0 Å². The van der Waals surface area contributed by atoms with Crippen LogP contribution in [0.15, 0.2) is 18.2 Å². The lowest BCUT2D eigenvalue weighted by Gasteiger charge is -2.19. The lowest BCUT2D eigenvalue weighted by atomic mass is 9.85. The number of terminal acetylenes is 2. The van der Waals surface area contributed by atoms with Crippen LogP contribution in [0.25, 0.3) is 0 Å². The van der Waals surface area contributed by atoms with E-state index in [0.717, 1.165) is 11.1 Å². The van der Waals surface area contributed by atoms with Crippen molar-refractivity contribution in [2.24, 2.45) is 0 Å². The SMILES string of the molecule is C#Cc1cc(C#C)cc(C(C)(C)C)c1. The van der Waals surface area contributed by atoms with Crippen molar-refractivity contribution in [3.8, 4) is 24.7 Å². The fourth-order valence-electron chi connectivity index (χ4n) is 1.23. The predicted octanol–water partition coefficient (Wildman–Crippen LogP) is 2.95. The molecule has 1 rings (SSSR count). The number of hydrogen-bond donors (Lipinski definition) is 0. The molecule has 0 aliphatic heterocycles. The quantitative estimate of drug-likeness (QED) is 0.541. The summed E-state index contributed by atoms with van der Waals surface area (Å²) in [6.07, 6.45) is 10.7. The number of rotatable bonds is 0. The molecule has 1 aromatic carbocycles. The molecule has 0 amide bonds. The Hall–Kier alpha value is -1.66. The second-order valence-corrected chi connectivity index (χ2v) is 4.34. The maximum absolute atomic E-state index is 5.37. The van der Waals surface area contributed by atoms with Gasteiger partial charge >= 0.3 is 0 Å². The fourth-order valence-corrected chi connectivity index (χ4v) is 1.23. The van der Waals surface area contributed by atoms with E-state index in [4.69, 9.17) is 12.8 Å². The maximum Gasteiger partial charge on any atom is 0.0257 e. The van der Waals surface area contributed by atoms with Crippen molar-refractivity contribution >= 4 is 0 Å². The molecule has 0 nitrogen and oxygen atoms in total. The highest BCUT2D eigenvalue weighted by molar-refractivity contribution is 5.46. The summed E-state index contributed by atoms with van der Waals surface area (Å²) in [5, 5.41) is 0. The van der Waals surface area contributed by atoms with E-state index < -0.39 is 0 Å². The highest BCUT2D eigenvalue weighted by Gasteiger charge is 2.14. The van der Waals surface area contributed by atoms with E-state index in [1.165, 1.54) is 5.56 Å². The first-order valence-corrected chi connectivity index (χ1v) is 4.56. The third-order valence-corrected chi connectivity index (χ3v) is 2.13. The molecular weight excluding hydrogens is 168 g/mol. The maximum atomic E-state index is 5.37. The molecule has 0 saturated heterocycles. The average molecular weight is 182 g/mol. The Bertz CT molecular complexity index is 385. The summed E-state index contributed by atoms with van der Waals surface area (Å²) in [7, 11) is 0. The smallest absolute Gasteiger partial charge is 0.0257 e. The van der Waals surface area contributed by atoms with Crippen LogP contribution in [-0.2, 0) is 5.41 Å². The van der Waals surface area contributed by atoms with E-state index in [1.807, 2.05) is 18.2 Å². The first-order valence-electron chi connectivity index (χ1n) is 4.56. The van der Waals surface area contributed by atoms with Gasteiger partial charge in [-0.2, -0.15) is 0 Å². The molecule has 0 N–H and O–H groups in total. The standard InChI is InChI=1S/C14H14/c1-6-11-8-12(7-2)10-13(9-11)14(3,4)5/h1-2,8-10H,3-5H3. The number of benzene rings is 1. The third-order valence-electron chi connectivity index (χ3n) is 2.13. The summed E-state index contributed by atoms with van der Waals surface area (Å²) in [6.45, 7) is 6.43. The molecule has 14 heavy (non-hydrogen) atoms. The van der Waals surface area contributed by atoms with E-state index in [0.29, 0.717) is 0 Å². The second-order valence-electron chi connectivity index (χ2n) is 4.34. The molecule has 0 heteroatoms. The van der Waals surface area contributed by atoms with Crippen molar-refractivity contribution in [1.29, 1.82) is 0 Å². The van der Waals surface area contributed by atoms with Gasteiger partial charge in [-0.3, -0.25) is 0 Å². The minimum atomic E-state index is 0.0818. The molecule has 1 aromatic rings. The van der Waals surface area contributed by atoms with Gasteiger partial charge in [-0.25, -0.2) is 0 Å². The Morgan fingerprint density at radius 2 is 1.36 bits per heavy atom. The van der Waals surface area contributed by atoms with Gasteiger partial charge in [-0.15, -0.1) is 12.8 Å².